The Labute approximate surface area is 222 Å². The zero-order valence-corrected chi connectivity index (χ0v) is 22.8. The third-order valence-corrected chi connectivity index (χ3v) is 10.5. The van der Waals surface area contributed by atoms with Crippen molar-refractivity contribution in [2.45, 2.75) is 10.3 Å². The highest BCUT2D eigenvalue weighted by Crippen LogP contribution is 2.36. The molecule has 1 saturated heterocycles. The first-order valence-corrected chi connectivity index (χ1v) is 15.7. The minimum atomic E-state index is -3.93. The van der Waals surface area contributed by atoms with Crippen molar-refractivity contribution in [3.8, 4) is 5.75 Å². The number of ether oxygens (including phenoxy) is 1. The molecule has 0 radical (unpaired) electrons. The van der Waals surface area contributed by atoms with Gasteiger partial charge in [0.05, 0.1) is 30.0 Å². The molecule has 1 unspecified atom stereocenters. The van der Waals surface area contributed by atoms with Gasteiger partial charge in [0.25, 0.3) is 10.0 Å². The topological polar surface area (TPSA) is 128 Å². The zero-order chi connectivity index (χ0) is 26.0. The van der Waals surface area contributed by atoms with E-state index in [0.29, 0.717) is 28.7 Å². The quantitative estimate of drug-likeness (QED) is 0.403. The molecular formula is C24H29N5O5S3. The van der Waals surface area contributed by atoms with E-state index in [1.807, 2.05) is 12.1 Å². The third kappa shape index (κ3) is 5.70. The van der Waals surface area contributed by atoms with Crippen molar-refractivity contribution in [1.29, 1.82) is 0 Å². The van der Waals surface area contributed by atoms with Crippen molar-refractivity contribution in [1.82, 2.24) is 14.9 Å². The average Bonchev–Trinajstić information content (AvgIpc) is 3.55. The molecule has 2 aromatic heterocycles. The van der Waals surface area contributed by atoms with Crippen LogP contribution in [0.2, 0.25) is 0 Å². The van der Waals surface area contributed by atoms with Crippen LogP contribution in [0.25, 0.3) is 10.9 Å². The molecule has 13 heteroatoms. The predicted octanol–water partition coefficient (Wildman–Crippen LogP) is 1.69. The molecule has 1 fully saturated rings. The van der Waals surface area contributed by atoms with Crippen LogP contribution in [-0.4, -0.2) is 101 Å². The summed E-state index contributed by atoms with van der Waals surface area (Å²) in [6, 6.07) is 10.2. The van der Waals surface area contributed by atoms with E-state index in [-0.39, 0.29) is 18.2 Å². The minimum absolute atomic E-state index is 0.0563. The number of benzene rings is 1. The van der Waals surface area contributed by atoms with Gasteiger partial charge in [0.1, 0.15) is 17.4 Å². The van der Waals surface area contributed by atoms with Crippen molar-refractivity contribution in [2.24, 2.45) is 4.99 Å². The van der Waals surface area contributed by atoms with Crippen LogP contribution in [0.1, 0.15) is 5.69 Å². The number of fused-ring (bicyclic) bond motifs is 1. The van der Waals surface area contributed by atoms with E-state index in [9.17, 15) is 17.7 Å². The van der Waals surface area contributed by atoms with Crippen molar-refractivity contribution in [3.63, 3.8) is 0 Å². The normalized spacial score (nSPS) is 19.3. The van der Waals surface area contributed by atoms with Gasteiger partial charge in [0.15, 0.2) is 5.03 Å². The Kier molecular flexibility index (Phi) is 7.86. The molecule has 0 aliphatic carbocycles. The highest BCUT2D eigenvalue weighted by molar-refractivity contribution is 8.15. The second-order valence-corrected chi connectivity index (χ2v) is 13.7. The summed E-state index contributed by atoms with van der Waals surface area (Å²) in [5, 5.41) is 11.1. The number of sulfonamides is 1. The summed E-state index contributed by atoms with van der Waals surface area (Å²) in [7, 11) is -3.14. The van der Waals surface area contributed by atoms with E-state index in [4.69, 9.17) is 9.73 Å². The van der Waals surface area contributed by atoms with E-state index in [1.54, 1.807) is 30.0 Å². The van der Waals surface area contributed by atoms with Gasteiger partial charge in [0.2, 0.25) is 0 Å². The summed E-state index contributed by atoms with van der Waals surface area (Å²) in [6.07, 6.45) is 1.44. The molecule has 198 valence electrons. The van der Waals surface area contributed by atoms with Crippen LogP contribution in [0.5, 0.6) is 5.75 Å². The lowest BCUT2D eigenvalue weighted by Crippen LogP contribution is -2.41. The second kappa shape index (κ2) is 11.1. The lowest BCUT2D eigenvalue weighted by Gasteiger charge is -2.27. The van der Waals surface area contributed by atoms with Crippen molar-refractivity contribution in [3.05, 3.63) is 48.3 Å². The number of rotatable bonds is 9. The highest BCUT2D eigenvalue weighted by Gasteiger charge is 2.28. The Morgan fingerprint density at radius 2 is 2.08 bits per heavy atom. The molecule has 1 atom stereocenters. The first kappa shape index (κ1) is 26.2. The van der Waals surface area contributed by atoms with E-state index in [0.717, 1.165) is 47.3 Å². The van der Waals surface area contributed by atoms with Crippen LogP contribution in [0, 0.1) is 0 Å². The van der Waals surface area contributed by atoms with Crippen molar-refractivity contribution < 1.29 is 22.5 Å². The number of thioether (sulfide) groups is 1. The molecule has 2 N–H and O–H groups in total. The molecular weight excluding hydrogens is 534 g/mol. The van der Waals surface area contributed by atoms with Crippen molar-refractivity contribution in [2.75, 3.05) is 62.3 Å². The first-order valence-electron chi connectivity index (χ1n) is 11.9. The molecule has 2 aliphatic heterocycles. The highest BCUT2D eigenvalue weighted by atomic mass is 32.2. The molecule has 3 aromatic rings. The molecule has 10 nitrogen and oxygen atoms in total. The molecule has 5 rings (SSSR count). The molecule has 1 aromatic carbocycles. The number of aromatic nitrogens is 2. The summed E-state index contributed by atoms with van der Waals surface area (Å²) < 4.78 is 45.2. The number of nitrogens with one attached hydrogen (secondary N) is 1. The van der Waals surface area contributed by atoms with E-state index in [1.165, 1.54) is 23.6 Å². The maximum absolute atomic E-state index is 13.3. The summed E-state index contributed by atoms with van der Waals surface area (Å²) in [5.41, 5.74) is 1.86. The van der Waals surface area contributed by atoms with Gasteiger partial charge in [-0.15, -0.1) is 0 Å². The Bertz CT molecular complexity index is 1420. The first-order chi connectivity index (χ1) is 17.8. The fourth-order valence-corrected chi connectivity index (χ4v) is 7.78. The molecule has 0 saturated carbocycles. The standard InChI is InChI=1S/C24H29N5O5S3/c1-28(37(32,33)22-4-2-3-5-25-22)21-14-18(34-9-8-30)12-17-13-20(27-23(17)21)24-26-15-19(35-24)16-29-6-10-36(31)11-7-29/h2-5,12-14,19,27,30H,6-11,15-16H2,1H3. The molecule has 0 amide bonds. The van der Waals surface area contributed by atoms with Gasteiger partial charge in [-0.3, -0.25) is 13.5 Å². The smallest absolute Gasteiger partial charge is 0.281 e. The minimum Gasteiger partial charge on any atom is -0.491 e. The Hall–Kier alpha value is -2.45. The average molecular weight is 564 g/mol. The largest absolute Gasteiger partial charge is 0.491 e. The number of aliphatic hydroxyl groups is 1. The third-order valence-electron chi connectivity index (χ3n) is 6.32. The van der Waals surface area contributed by atoms with Gasteiger partial charge in [-0.2, -0.15) is 8.42 Å². The van der Waals surface area contributed by atoms with Gasteiger partial charge in [-0.1, -0.05) is 17.8 Å². The summed E-state index contributed by atoms with van der Waals surface area (Å²) in [6.45, 7) is 3.22. The fraction of sp³-hybridized carbons (Fsp3) is 0.417. The van der Waals surface area contributed by atoms with Crippen LogP contribution >= 0.6 is 11.8 Å². The number of anilines is 1. The van der Waals surface area contributed by atoms with Gasteiger partial charge in [-0.25, -0.2) is 4.98 Å². The number of pyridine rings is 1. The fourth-order valence-electron chi connectivity index (χ4n) is 4.39. The number of aromatic amines is 1. The van der Waals surface area contributed by atoms with Gasteiger partial charge >= 0.3 is 0 Å². The van der Waals surface area contributed by atoms with Crippen LogP contribution in [0.4, 0.5) is 5.69 Å². The van der Waals surface area contributed by atoms with Gasteiger partial charge in [-0.05, 0) is 24.3 Å². The lowest BCUT2D eigenvalue weighted by atomic mass is 10.2. The maximum atomic E-state index is 13.3. The van der Waals surface area contributed by atoms with Crippen molar-refractivity contribution >= 4 is 54.2 Å². The molecule has 37 heavy (non-hydrogen) atoms. The second-order valence-electron chi connectivity index (χ2n) is 8.84. The monoisotopic (exact) mass is 563 g/mol. The van der Waals surface area contributed by atoms with E-state index < -0.39 is 20.8 Å². The maximum Gasteiger partial charge on any atom is 0.281 e. The number of hydrogen-bond donors (Lipinski definition) is 2. The number of nitrogens with zero attached hydrogens (tertiary/aromatic N) is 4. The van der Waals surface area contributed by atoms with Crippen LogP contribution in [-0.2, 0) is 20.8 Å². The lowest BCUT2D eigenvalue weighted by molar-refractivity contribution is 0.201. The summed E-state index contributed by atoms with van der Waals surface area (Å²) in [4.78, 5) is 14.5. The van der Waals surface area contributed by atoms with Gasteiger partial charge in [0, 0.05) is 71.9 Å². The van der Waals surface area contributed by atoms with E-state index >= 15 is 0 Å². The molecule has 0 bridgehead atoms. The molecule has 0 spiro atoms. The Balaban J connectivity index is 1.43. The van der Waals surface area contributed by atoms with Crippen LogP contribution in [0.15, 0.2) is 52.6 Å². The summed E-state index contributed by atoms with van der Waals surface area (Å²) in [5.74, 6) is 1.91. The van der Waals surface area contributed by atoms with Crippen LogP contribution < -0.4 is 9.04 Å². The number of H-pyrrole nitrogens is 1. The Morgan fingerprint density at radius 1 is 1.27 bits per heavy atom. The number of aliphatic hydroxyl groups excluding tert-OH is 1. The number of hydrogen-bond acceptors (Lipinski definition) is 9. The summed E-state index contributed by atoms with van der Waals surface area (Å²) >= 11 is 1.70. The predicted molar refractivity (Wildman–Crippen MR) is 148 cm³/mol. The van der Waals surface area contributed by atoms with E-state index in [2.05, 4.69) is 14.9 Å². The molecule has 4 heterocycles. The Morgan fingerprint density at radius 3 is 2.81 bits per heavy atom. The van der Waals surface area contributed by atoms with Gasteiger partial charge < -0.3 is 19.7 Å². The number of aliphatic imine (C=N–C) groups is 1. The molecule has 2 aliphatic rings. The van der Waals surface area contributed by atoms with Crippen LogP contribution in [0.3, 0.4) is 0 Å². The SMILES string of the molecule is CN(c1cc(OCCO)cc2cc(C3=NCC(CN4CCS(=O)CC4)S3)[nH]c12)S(=O)(=O)c1ccccn1. The zero-order valence-electron chi connectivity index (χ0n) is 20.4.